The lowest BCUT2D eigenvalue weighted by Gasteiger charge is -2.15. The van der Waals surface area contributed by atoms with Crippen LogP contribution in [0.25, 0.3) is 0 Å². The van der Waals surface area contributed by atoms with Gasteiger partial charge in [0.25, 0.3) is 5.91 Å². The van der Waals surface area contributed by atoms with Crippen LogP contribution in [0.3, 0.4) is 0 Å². The molecule has 0 unspecified atom stereocenters. The third-order valence-electron chi connectivity index (χ3n) is 4.05. The second kappa shape index (κ2) is 5.83. The van der Waals surface area contributed by atoms with Gasteiger partial charge >= 0.3 is 0 Å². The van der Waals surface area contributed by atoms with E-state index in [0.717, 1.165) is 17.7 Å². The Hall–Kier alpha value is -2.69. The zero-order chi connectivity index (χ0) is 16.6. The van der Waals surface area contributed by atoms with Crippen molar-refractivity contribution in [2.24, 2.45) is 0 Å². The highest BCUT2D eigenvalue weighted by Crippen LogP contribution is 2.29. The number of halogens is 1. The number of carbonyl (C=O) groups excluding carboxylic acids is 2. The molecule has 1 aliphatic heterocycles. The van der Waals surface area contributed by atoms with E-state index in [4.69, 9.17) is 0 Å². The summed E-state index contributed by atoms with van der Waals surface area (Å²) in [5.41, 5.74) is 3.64. The van der Waals surface area contributed by atoms with Crippen molar-refractivity contribution in [2.75, 3.05) is 16.8 Å². The third kappa shape index (κ3) is 2.95. The molecule has 2 aromatic rings. The van der Waals surface area contributed by atoms with Crippen LogP contribution in [-0.4, -0.2) is 18.4 Å². The molecule has 2 aromatic carbocycles. The molecule has 0 atom stereocenters. The average Bonchev–Trinajstić information content (AvgIpc) is 2.93. The summed E-state index contributed by atoms with van der Waals surface area (Å²) in [6.45, 7) is 3.92. The standard InChI is InChI=1S/C18H17FN2O2/c1-11-9-15(19)4-5-16(11)20-18(23)14-3-6-17-13(10-14)7-8-21(17)12(2)22/h3-6,9-10H,7-8H2,1-2H3,(H,20,23). The first kappa shape index (κ1) is 15.2. The highest BCUT2D eigenvalue weighted by atomic mass is 19.1. The van der Waals surface area contributed by atoms with Crippen molar-refractivity contribution in [3.63, 3.8) is 0 Å². The highest BCUT2D eigenvalue weighted by molar-refractivity contribution is 6.05. The van der Waals surface area contributed by atoms with Gasteiger partial charge in [0, 0.05) is 30.4 Å². The molecule has 118 valence electrons. The molecule has 0 saturated carbocycles. The van der Waals surface area contributed by atoms with Crippen molar-refractivity contribution >= 4 is 23.2 Å². The normalized spacial score (nSPS) is 12.9. The Bertz CT molecular complexity index is 802. The van der Waals surface area contributed by atoms with Crippen molar-refractivity contribution in [1.82, 2.24) is 0 Å². The Morgan fingerprint density at radius 1 is 1.17 bits per heavy atom. The predicted octanol–water partition coefficient (Wildman–Crippen LogP) is 3.30. The number of carbonyl (C=O) groups is 2. The summed E-state index contributed by atoms with van der Waals surface area (Å²) in [4.78, 5) is 25.6. The molecule has 0 spiro atoms. The predicted molar refractivity (Wildman–Crippen MR) is 87.3 cm³/mol. The first-order chi connectivity index (χ1) is 11.0. The van der Waals surface area contributed by atoms with Crippen LogP contribution in [0.4, 0.5) is 15.8 Å². The van der Waals surface area contributed by atoms with E-state index in [0.29, 0.717) is 23.4 Å². The van der Waals surface area contributed by atoms with Crippen LogP contribution in [-0.2, 0) is 11.2 Å². The number of amides is 2. The van der Waals surface area contributed by atoms with Crippen molar-refractivity contribution in [3.8, 4) is 0 Å². The lowest BCUT2D eigenvalue weighted by molar-refractivity contribution is -0.116. The van der Waals surface area contributed by atoms with Crippen LogP contribution in [0.5, 0.6) is 0 Å². The van der Waals surface area contributed by atoms with E-state index in [1.54, 1.807) is 30.0 Å². The molecule has 0 radical (unpaired) electrons. The van der Waals surface area contributed by atoms with Gasteiger partial charge in [0.05, 0.1) is 0 Å². The monoisotopic (exact) mass is 312 g/mol. The summed E-state index contributed by atoms with van der Waals surface area (Å²) in [5.74, 6) is -0.575. The fourth-order valence-electron chi connectivity index (χ4n) is 2.83. The number of hydrogen-bond donors (Lipinski definition) is 1. The van der Waals surface area contributed by atoms with Crippen molar-refractivity contribution in [3.05, 3.63) is 58.9 Å². The number of hydrogen-bond acceptors (Lipinski definition) is 2. The number of nitrogens with one attached hydrogen (secondary N) is 1. The van der Waals surface area contributed by atoms with Crippen LogP contribution in [0.15, 0.2) is 36.4 Å². The largest absolute Gasteiger partial charge is 0.322 e. The smallest absolute Gasteiger partial charge is 0.255 e. The molecule has 2 amide bonds. The Morgan fingerprint density at radius 2 is 1.96 bits per heavy atom. The van der Waals surface area contributed by atoms with E-state index in [1.807, 2.05) is 6.07 Å². The minimum atomic E-state index is -0.331. The maximum Gasteiger partial charge on any atom is 0.255 e. The third-order valence-corrected chi connectivity index (χ3v) is 4.05. The zero-order valence-corrected chi connectivity index (χ0v) is 13.0. The highest BCUT2D eigenvalue weighted by Gasteiger charge is 2.23. The van der Waals surface area contributed by atoms with Crippen molar-refractivity contribution in [1.29, 1.82) is 0 Å². The van der Waals surface area contributed by atoms with Crippen LogP contribution < -0.4 is 10.2 Å². The summed E-state index contributed by atoms with van der Waals surface area (Å²) in [7, 11) is 0. The first-order valence-corrected chi connectivity index (χ1v) is 7.44. The van der Waals surface area contributed by atoms with E-state index in [2.05, 4.69) is 5.32 Å². The fourth-order valence-corrected chi connectivity index (χ4v) is 2.83. The molecule has 0 saturated heterocycles. The lowest BCUT2D eigenvalue weighted by Crippen LogP contribution is -2.25. The van der Waals surface area contributed by atoms with Crippen LogP contribution in [0.1, 0.15) is 28.4 Å². The van der Waals surface area contributed by atoms with Gasteiger partial charge in [0.15, 0.2) is 0 Å². The van der Waals surface area contributed by atoms with E-state index < -0.39 is 0 Å². The number of nitrogens with zero attached hydrogens (tertiary/aromatic N) is 1. The van der Waals surface area contributed by atoms with Crippen molar-refractivity contribution < 1.29 is 14.0 Å². The van der Waals surface area contributed by atoms with Gasteiger partial charge in [-0.05, 0) is 60.9 Å². The van der Waals surface area contributed by atoms with Crippen LogP contribution >= 0.6 is 0 Å². The molecule has 0 fully saturated rings. The number of benzene rings is 2. The molecular formula is C18H17FN2O2. The fraction of sp³-hybridized carbons (Fsp3) is 0.222. The molecule has 1 N–H and O–H groups in total. The zero-order valence-electron chi connectivity index (χ0n) is 13.0. The Morgan fingerprint density at radius 3 is 2.65 bits per heavy atom. The molecule has 1 aliphatic rings. The minimum Gasteiger partial charge on any atom is -0.322 e. The van der Waals surface area contributed by atoms with Gasteiger partial charge in [0.1, 0.15) is 5.82 Å². The SMILES string of the molecule is CC(=O)N1CCc2cc(C(=O)Nc3ccc(F)cc3C)ccc21. The van der Waals surface area contributed by atoms with Crippen molar-refractivity contribution in [2.45, 2.75) is 20.3 Å². The first-order valence-electron chi connectivity index (χ1n) is 7.44. The second-order valence-corrected chi connectivity index (χ2v) is 5.68. The van der Waals surface area contributed by atoms with Gasteiger partial charge in [-0.2, -0.15) is 0 Å². The Labute approximate surface area is 133 Å². The van der Waals surface area contributed by atoms with Crippen LogP contribution in [0, 0.1) is 12.7 Å². The number of aryl methyl sites for hydroxylation is 1. The molecule has 1 heterocycles. The topological polar surface area (TPSA) is 49.4 Å². The molecule has 5 heteroatoms. The molecule has 23 heavy (non-hydrogen) atoms. The van der Waals surface area contributed by atoms with Gasteiger partial charge < -0.3 is 10.2 Å². The van der Waals surface area contributed by atoms with E-state index in [9.17, 15) is 14.0 Å². The summed E-state index contributed by atoms with van der Waals surface area (Å²) < 4.78 is 13.1. The molecule has 0 aliphatic carbocycles. The Kier molecular flexibility index (Phi) is 3.86. The summed E-state index contributed by atoms with van der Waals surface area (Å²) in [6, 6.07) is 9.56. The molecular weight excluding hydrogens is 295 g/mol. The molecule has 3 rings (SSSR count). The van der Waals surface area contributed by atoms with Gasteiger partial charge in [-0.25, -0.2) is 4.39 Å². The summed E-state index contributed by atoms with van der Waals surface area (Å²) in [5, 5.41) is 2.79. The lowest BCUT2D eigenvalue weighted by atomic mass is 10.1. The molecule has 0 aromatic heterocycles. The van der Waals surface area contributed by atoms with Gasteiger partial charge in [-0.1, -0.05) is 0 Å². The van der Waals surface area contributed by atoms with E-state index in [1.165, 1.54) is 19.1 Å². The summed E-state index contributed by atoms with van der Waals surface area (Å²) in [6.07, 6.45) is 0.742. The number of anilines is 2. The Balaban J connectivity index is 1.82. The van der Waals surface area contributed by atoms with E-state index >= 15 is 0 Å². The molecule has 0 bridgehead atoms. The second-order valence-electron chi connectivity index (χ2n) is 5.68. The number of rotatable bonds is 2. The van der Waals surface area contributed by atoms with E-state index in [-0.39, 0.29) is 17.6 Å². The number of fused-ring (bicyclic) bond motifs is 1. The maximum absolute atomic E-state index is 13.1. The van der Waals surface area contributed by atoms with Gasteiger partial charge in [-0.15, -0.1) is 0 Å². The van der Waals surface area contributed by atoms with Crippen LogP contribution in [0.2, 0.25) is 0 Å². The quantitative estimate of drug-likeness (QED) is 0.925. The van der Waals surface area contributed by atoms with Gasteiger partial charge in [0.2, 0.25) is 5.91 Å². The summed E-state index contributed by atoms with van der Waals surface area (Å²) >= 11 is 0. The maximum atomic E-state index is 13.1. The molecule has 4 nitrogen and oxygen atoms in total. The minimum absolute atomic E-state index is 0.00267. The average molecular weight is 312 g/mol. The van der Waals surface area contributed by atoms with Gasteiger partial charge in [-0.3, -0.25) is 9.59 Å².